The van der Waals surface area contributed by atoms with Gasteiger partial charge >= 0.3 is 5.97 Å². The van der Waals surface area contributed by atoms with Crippen LogP contribution in [-0.4, -0.2) is 30.2 Å². The maximum Gasteiger partial charge on any atom is 0.343 e. The summed E-state index contributed by atoms with van der Waals surface area (Å²) >= 11 is 0. The molecule has 0 saturated heterocycles. The number of rotatable bonds is 7. The van der Waals surface area contributed by atoms with Crippen LogP contribution >= 0.6 is 0 Å². The standard InChI is InChI=1S/C29H24N2O4/c1-18(29(30)33)21-13-8-14-23-26(21)27-24(31(23)16-19-9-4-3-5-10-19)15-20-11-6-7-12-22(20)28(27)35-17-25(32)34-2/h3-15H,1,16-17H2,2H3,(H2,30,33). The predicted molar refractivity (Wildman–Crippen MR) is 138 cm³/mol. The smallest absolute Gasteiger partial charge is 0.343 e. The van der Waals surface area contributed by atoms with Crippen molar-refractivity contribution in [2.24, 2.45) is 5.73 Å². The first-order valence-corrected chi connectivity index (χ1v) is 11.2. The number of benzene rings is 4. The Morgan fingerprint density at radius 1 is 0.914 bits per heavy atom. The van der Waals surface area contributed by atoms with Gasteiger partial charge in [-0.15, -0.1) is 0 Å². The van der Waals surface area contributed by atoms with Gasteiger partial charge in [-0.3, -0.25) is 4.79 Å². The van der Waals surface area contributed by atoms with Crippen molar-refractivity contribution in [1.82, 2.24) is 4.57 Å². The molecule has 6 heteroatoms. The zero-order valence-corrected chi connectivity index (χ0v) is 19.3. The lowest BCUT2D eigenvalue weighted by Crippen LogP contribution is -2.13. The van der Waals surface area contributed by atoms with E-state index in [0.29, 0.717) is 17.9 Å². The molecule has 4 aromatic carbocycles. The summed E-state index contributed by atoms with van der Waals surface area (Å²) < 4.78 is 13.1. The number of carbonyl (C=O) groups excluding carboxylic acids is 2. The average Bonchev–Trinajstić information content (AvgIpc) is 3.19. The first-order valence-electron chi connectivity index (χ1n) is 11.2. The summed E-state index contributed by atoms with van der Waals surface area (Å²) in [6, 6.07) is 25.8. The number of aromatic nitrogens is 1. The van der Waals surface area contributed by atoms with Crippen molar-refractivity contribution in [1.29, 1.82) is 0 Å². The highest BCUT2D eigenvalue weighted by Gasteiger charge is 2.22. The van der Waals surface area contributed by atoms with E-state index < -0.39 is 11.9 Å². The molecule has 2 N–H and O–H groups in total. The van der Waals surface area contributed by atoms with Crippen LogP contribution in [0.25, 0.3) is 38.2 Å². The summed E-state index contributed by atoms with van der Waals surface area (Å²) in [6.45, 7) is 4.31. The Morgan fingerprint density at radius 3 is 2.40 bits per heavy atom. The molecule has 1 aromatic heterocycles. The van der Waals surface area contributed by atoms with Crippen molar-refractivity contribution in [3.05, 3.63) is 96.6 Å². The van der Waals surface area contributed by atoms with Gasteiger partial charge in [-0.05, 0) is 28.6 Å². The number of amides is 1. The average molecular weight is 465 g/mol. The van der Waals surface area contributed by atoms with E-state index in [9.17, 15) is 9.59 Å². The summed E-state index contributed by atoms with van der Waals surface area (Å²) in [7, 11) is 1.32. The van der Waals surface area contributed by atoms with E-state index >= 15 is 0 Å². The summed E-state index contributed by atoms with van der Waals surface area (Å²) in [5.74, 6) is -0.537. The Morgan fingerprint density at radius 2 is 1.66 bits per heavy atom. The molecule has 5 rings (SSSR count). The Labute approximate surface area is 202 Å². The van der Waals surface area contributed by atoms with Gasteiger partial charge in [0.25, 0.3) is 0 Å². The van der Waals surface area contributed by atoms with Crippen LogP contribution in [0.2, 0.25) is 0 Å². The van der Waals surface area contributed by atoms with Gasteiger partial charge in [0, 0.05) is 22.9 Å². The fraction of sp³-hybridized carbons (Fsp3) is 0.103. The second kappa shape index (κ2) is 8.99. The molecular weight excluding hydrogens is 440 g/mol. The van der Waals surface area contributed by atoms with Gasteiger partial charge in [-0.25, -0.2) is 4.79 Å². The number of carbonyl (C=O) groups is 2. The predicted octanol–water partition coefficient (Wildman–Crippen LogP) is 5.05. The SMILES string of the molecule is C=C(C(N)=O)c1cccc2c1c1c(OCC(=O)OC)c3ccccc3cc1n2Cc1ccccc1. The molecule has 0 radical (unpaired) electrons. The maximum atomic E-state index is 12.2. The van der Waals surface area contributed by atoms with Crippen molar-refractivity contribution in [3.8, 4) is 5.75 Å². The molecule has 0 aliphatic heterocycles. The first kappa shape index (κ1) is 22.2. The molecule has 0 aliphatic carbocycles. The molecule has 5 aromatic rings. The molecule has 1 amide bonds. The van der Waals surface area contributed by atoms with E-state index in [2.05, 4.69) is 29.3 Å². The lowest BCUT2D eigenvalue weighted by molar-refractivity contribution is -0.142. The number of hydrogen-bond acceptors (Lipinski definition) is 4. The molecule has 0 saturated carbocycles. The molecule has 0 aliphatic rings. The highest BCUT2D eigenvalue weighted by Crippen LogP contribution is 2.43. The third-order valence-electron chi connectivity index (χ3n) is 6.22. The largest absolute Gasteiger partial charge is 0.481 e. The van der Waals surface area contributed by atoms with Gasteiger partial charge in [0.05, 0.1) is 23.5 Å². The van der Waals surface area contributed by atoms with Crippen LogP contribution in [0.5, 0.6) is 5.75 Å². The van der Waals surface area contributed by atoms with Gasteiger partial charge in [0.2, 0.25) is 5.91 Å². The maximum absolute atomic E-state index is 12.2. The quantitative estimate of drug-likeness (QED) is 0.270. The number of nitrogens with two attached hydrogens (primary N) is 1. The second-order valence-electron chi connectivity index (χ2n) is 8.30. The number of ether oxygens (including phenoxy) is 2. The number of fused-ring (bicyclic) bond motifs is 4. The van der Waals surface area contributed by atoms with Gasteiger partial charge < -0.3 is 19.8 Å². The van der Waals surface area contributed by atoms with Crippen LogP contribution in [0.4, 0.5) is 0 Å². The minimum absolute atomic E-state index is 0.210. The minimum Gasteiger partial charge on any atom is -0.481 e. The van der Waals surface area contributed by atoms with E-state index in [0.717, 1.165) is 38.1 Å². The van der Waals surface area contributed by atoms with Crippen LogP contribution < -0.4 is 10.5 Å². The van der Waals surface area contributed by atoms with E-state index in [1.54, 1.807) is 0 Å². The Kier molecular flexibility index (Phi) is 5.71. The number of hydrogen-bond donors (Lipinski definition) is 1. The second-order valence-corrected chi connectivity index (χ2v) is 8.30. The molecule has 0 bridgehead atoms. The van der Waals surface area contributed by atoms with Crippen LogP contribution in [0, 0.1) is 0 Å². The van der Waals surface area contributed by atoms with Gasteiger partial charge in [-0.1, -0.05) is 73.3 Å². The van der Waals surface area contributed by atoms with Crippen molar-refractivity contribution in [2.45, 2.75) is 6.54 Å². The van der Waals surface area contributed by atoms with Crippen molar-refractivity contribution >= 4 is 50.0 Å². The van der Waals surface area contributed by atoms with Crippen LogP contribution in [-0.2, 0) is 20.9 Å². The van der Waals surface area contributed by atoms with E-state index in [-0.39, 0.29) is 12.2 Å². The molecule has 174 valence electrons. The van der Waals surface area contributed by atoms with Gasteiger partial charge in [-0.2, -0.15) is 0 Å². The number of methoxy groups -OCH3 is 1. The molecule has 1 heterocycles. The normalized spacial score (nSPS) is 11.1. The number of nitrogens with zero attached hydrogens (tertiary/aromatic N) is 1. The third kappa shape index (κ3) is 3.89. The van der Waals surface area contributed by atoms with Gasteiger partial charge in [0.15, 0.2) is 6.61 Å². The summed E-state index contributed by atoms with van der Waals surface area (Å²) in [5, 5.41) is 3.40. The Balaban J connectivity index is 1.92. The monoisotopic (exact) mass is 464 g/mol. The lowest BCUT2D eigenvalue weighted by atomic mass is 9.98. The third-order valence-corrected chi connectivity index (χ3v) is 6.22. The molecule has 0 unspecified atom stereocenters. The fourth-order valence-electron chi connectivity index (χ4n) is 4.57. The van der Waals surface area contributed by atoms with Crippen LogP contribution in [0.15, 0.2) is 85.4 Å². The Hall–Kier alpha value is -4.58. The molecule has 35 heavy (non-hydrogen) atoms. The van der Waals surface area contributed by atoms with Gasteiger partial charge in [0.1, 0.15) is 5.75 Å². The van der Waals surface area contributed by atoms with Crippen molar-refractivity contribution in [3.63, 3.8) is 0 Å². The van der Waals surface area contributed by atoms with E-state index in [1.807, 2.05) is 60.7 Å². The van der Waals surface area contributed by atoms with Crippen molar-refractivity contribution < 1.29 is 19.1 Å². The zero-order chi connectivity index (χ0) is 24.5. The molecule has 6 nitrogen and oxygen atoms in total. The molecule has 0 atom stereocenters. The summed E-state index contributed by atoms with van der Waals surface area (Å²) in [6.07, 6.45) is 0. The lowest BCUT2D eigenvalue weighted by Gasteiger charge is -2.13. The highest BCUT2D eigenvalue weighted by molar-refractivity contribution is 6.27. The van der Waals surface area contributed by atoms with Crippen LogP contribution in [0.1, 0.15) is 11.1 Å². The zero-order valence-electron chi connectivity index (χ0n) is 19.3. The topological polar surface area (TPSA) is 83.6 Å². The minimum atomic E-state index is -0.598. The van der Waals surface area contributed by atoms with E-state index in [4.69, 9.17) is 15.2 Å². The van der Waals surface area contributed by atoms with Crippen LogP contribution in [0.3, 0.4) is 0 Å². The van der Waals surface area contributed by atoms with Crippen molar-refractivity contribution in [2.75, 3.05) is 13.7 Å². The summed E-state index contributed by atoms with van der Waals surface area (Å²) in [5.41, 5.74) is 9.42. The first-order chi connectivity index (χ1) is 17.0. The molecular formula is C29H24N2O4. The number of primary amides is 1. The fourth-order valence-corrected chi connectivity index (χ4v) is 4.57. The molecule has 0 fully saturated rings. The highest BCUT2D eigenvalue weighted by atomic mass is 16.6. The molecule has 0 spiro atoms. The number of esters is 1. The van der Waals surface area contributed by atoms with E-state index in [1.165, 1.54) is 7.11 Å². The Bertz CT molecular complexity index is 1620. The summed E-state index contributed by atoms with van der Waals surface area (Å²) in [4.78, 5) is 24.2.